The van der Waals surface area contributed by atoms with Gasteiger partial charge in [-0.3, -0.25) is 0 Å². The quantitative estimate of drug-likeness (QED) is 0.624. The fraction of sp³-hybridized carbons (Fsp3) is 0.455. The minimum atomic E-state index is -3.93. The molecule has 1 aromatic rings. The van der Waals surface area contributed by atoms with Crippen molar-refractivity contribution < 1.29 is 17.5 Å². The lowest BCUT2D eigenvalue weighted by Gasteiger charge is -2.18. The van der Waals surface area contributed by atoms with Gasteiger partial charge >= 0.3 is 0 Å². The number of hydrogen-bond acceptors (Lipinski definition) is 4. The molecule has 0 aliphatic rings. The maximum Gasteiger partial charge on any atom is 0.245 e. The van der Waals surface area contributed by atoms with Crippen LogP contribution in [0.15, 0.2) is 21.5 Å². The number of halogens is 2. The molecule has 5 nitrogen and oxygen atoms in total. The lowest BCUT2D eigenvalue weighted by atomic mass is 10.3. The Balaban J connectivity index is 3.06. The summed E-state index contributed by atoms with van der Waals surface area (Å²) in [4.78, 5) is -0.446. The van der Waals surface area contributed by atoms with Crippen molar-refractivity contribution in [3.05, 3.63) is 22.4 Å². The molecule has 0 aliphatic heterocycles. The van der Waals surface area contributed by atoms with Gasteiger partial charge < -0.3 is 10.5 Å². The van der Waals surface area contributed by atoms with Gasteiger partial charge in [0.1, 0.15) is 4.90 Å². The van der Waals surface area contributed by atoms with Crippen LogP contribution in [0.25, 0.3) is 0 Å². The summed E-state index contributed by atoms with van der Waals surface area (Å²) >= 11 is 2.94. The molecule has 0 saturated carbocycles. The molecular formula is C11H16BrFN2O3S. The number of rotatable bonds is 6. The van der Waals surface area contributed by atoms with E-state index in [9.17, 15) is 12.8 Å². The topological polar surface area (TPSA) is 72.6 Å². The van der Waals surface area contributed by atoms with Crippen LogP contribution in [0, 0.1) is 5.82 Å². The maximum atomic E-state index is 13.9. The molecule has 0 fully saturated rings. The molecule has 1 aromatic carbocycles. The van der Waals surface area contributed by atoms with Crippen LogP contribution < -0.4 is 5.73 Å². The summed E-state index contributed by atoms with van der Waals surface area (Å²) in [5, 5.41) is 0. The zero-order valence-corrected chi connectivity index (χ0v) is 13.1. The van der Waals surface area contributed by atoms with Crippen LogP contribution in [0.4, 0.5) is 10.1 Å². The predicted molar refractivity (Wildman–Crippen MR) is 74.8 cm³/mol. The molecule has 0 spiro atoms. The third-order valence-electron chi connectivity index (χ3n) is 2.46. The molecule has 8 heteroatoms. The first kappa shape index (κ1) is 16.4. The lowest BCUT2D eigenvalue weighted by molar-refractivity contribution is 0.138. The summed E-state index contributed by atoms with van der Waals surface area (Å²) in [5.41, 5.74) is 5.71. The van der Waals surface area contributed by atoms with Crippen molar-refractivity contribution in [3.8, 4) is 0 Å². The molecule has 0 amide bonds. The first-order valence-electron chi connectivity index (χ1n) is 5.59. The van der Waals surface area contributed by atoms with Gasteiger partial charge in [-0.2, -0.15) is 4.31 Å². The van der Waals surface area contributed by atoms with Crippen LogP contribution >= 0.6 is 15.9 Å². The molecule has 0 saturated heterocycles. The van der Waals surface area contributed by atoms with Crippen LogP contribution in [0.2, 0.25) is 0 Å². The average molecular weight is 355 g/mol. The van der Waals surface area contributed by atoms with Crippen LogP contribution in [0.1, 0.15) is 6.92 Å². The number of ether oxygens (including phenoxy) is 1. The van der Waals surface area contributed by atoms with E-state index in [1.807, 2.05) is 6.92 Å². The standard InChI is InChI=1S/C11H16BrFN2O3S/c1-3-18-5-4-15(2)19(16,17)10-7-8(14)6-9(12)11(10)13/h6-7H,3-5,14H2,1-2H3. The highest BCUT2D eigenvalue weighted by Gasteiger charge is 2.26. The normalized spacial score (nSPS) is 12.1. The second kappa shape index (κ2) is 6.65. The van der Waals surface area contributed by atoms with Gasteiger partial charge in [-0.15, -0.1) is 0 Å². The highest BCUT2D eigenvalue weighted by Crippen LogP contribution is 2.27. The Morgan fingerprint density at radius 1 is 1.47 bits per heavy atom. The van der Waals surface area contributed by atoms with Crippen molar-refractivity contribution in [2.24, 2.45) is 0 Å². The van der Waals surface area contributed by atoms with Crippen LogP contribution in [0.5, 0.6) is 0 Å². The summed E-state index contributed by atoms with van der Waals surface area (Å²) in [5.74, 6) is -0.850. The summed E-state index contributed by atoms with van der Waals surface area (Å²) in [6.07, 6.45) is 0. The van der Waals surface area contributed by atoms with Crippen molar-refractivity contribution >= 4 is 31.6 Å². The molecule has 1 rings (SSSR count). The molecular weight excluding hydrogens is 339 g/mol. The third-order valence-corrected chi connectivity index (χ3v) is 4.89. The predicted octanol–water partition coefficient (Wildman–Crippen LogP) is 1.83. The number of anilines is 1. The zero-order valence-electron chi connectivity index (χ0n) is 10.7. The number of nitrogens with zero attached hydrogens (tertiary/aromatic N) is 1. The summed E-state index contributed by atoms with van der Waals surface area (Å²) in [6.45, 7) is 2.69. The van der Waals surface area contributed by atoms with Crippen LogP contribution in [-0.4, -0.2) is 39.5 Å². The summed E-state index contributed by atoms with van der Waals surface area (Å²) in [7, 11) is -2.56. The maximum absolute atomic E-state index is 13.9. The molecule has 0 radical (unpaired) electrons. The first-order chi connectivity index (χ1) is 8.80. The smallest absolute Gasteiger partial charge is 0.245 e. The van der Waals surface area contributed by atoms with Crippen LogP contribution in [-0.2, 0) is 14.8 Å². The van der Waals surface area contributed by atoms with Gasteiger partial charge in [0.15, 0.2) is 5.82 Å². The van der Waals surface area contributed by atoms with E-state index < -0.39 is 20.7 Å². The third kappa shape index (κ3) is 3.88. The molecule has 0 heterocycles. The Kier molecular flexibility index (Phi) is 5.72. The van der Waals surface area contributed by atoms with Gasteiger partial charge in [-0.05, 0) is 35.0 Å². The van der Waals surface area contributed by atoms with Gasteiger partial charge in [0, 0.05) is 25.9 Å². The second-order valence-electron chi connectivity index (χ2n) is 3.84. The number of sulfonamides is 1. The van der Waals surface area contributed by atoms with Crippen LogP contribution in [0.3, 0.4) is 0 Å². The SMILES string of the molecule is CCOCCN(C)S(=O)(=O)c1cc(N)cc(Br)c1F. The average Bonchev–Trinajstić information content (AvgIpc) is 2.33. The summed E-state index contributed by atoms with van der Waals surface area (Å²) in [6, 6.07) is 2.42. The van der Waals surface area contributed by atoms with E-state index in [-0.39, 0.29) is 23.3 Å². The highest BCUT2D eigenvalue weighted by atomic mass is 79.9. The monoisotopic (exact) mass is 354 g/mol. The van der Waals surface area contributed by atoms with Gasteiger partial charge in [-0.1, -0.05) is 0 Å². The van der Waals surface area contributed by atoms with E-state index in [4.69, 9.17) is 10.5 Å². The highest BCUT2D eigenvalue weighted by molar-refractivity contribution is 9.10. The Morgan fingerprint density at radius 3 is 2.68 bits per heavy atom. The Bertz CT molecular complexity index is 551. The fourth-order valence-corrected chi connectivity index (χ4v) is 3.28. The Hall–Kier alpha value is -0.700. The first-order valence-corrected chi connectivity index (χ1v) is 7.82. The molecule has 108 valence electrons. The van der Waals surface area contributed by atoms with Gasteiger partial charge in [0.25, 0.3) is 0 Å². The minimum absolute atomic E-state index is 0.0179. The van der Waals surface area contributed by atoms with E-state index in [0.717, 1.165) is 10.4 Å². The second-order valence-corrected chi connectivity index (χ2v) is 6.71. The van der Waals surface area contributed by atoms with Crippen molar-refractivity contribution in [1.82, 2.24) is 4.31 Å². The molecule has 0 aliphatic carbocycles. The lowest BCUT2D eigenvalue weighted by Crippen LogP contribution is -2.31. The zero-order chi connectivity index (χ0) is 14.6. The van der Waals surface area contributed by atoms with E-state index >= 15 is 0 Å². The number of likely N-dealkylation sites (N-methyl/N-ethyl adjacent to an activating group) is 1. The van der Waals surface area contributed by atoms with Crippen molar-refractivity contribution in [2.45, 2.75) is 11.8 Å². The molecule has 0 aromatic heterocycles. The van der Waals surface area contributed by atoms with E-state index in [1.165, 1.54) is 13.1 Å². The van der Waals surface area contributed by atoms with Crippen molar-refractivity contribution in [3.63, 3.8) is 0 Å². The molecule has 0 atom stereocenters. The van der Waals surface area contributed by atoms with Gasteiger partial charge in [0.05, 0.1) is 11.1 Å². The Labute approximate surface area is 120 Å². The van der Waals surface area contributed by atoms with E-state index in [1.54, 1.807) is 0 Å². The van der Waals surface area contributed by atoms with Crippen molar-refractivity contribution in [2.75, 3.05) is 32.5 Å². The molecule has 0 unspecified atom stereocenters. The summed E-state index contributed by atoms with van der Waals surface area (Å²) < 4.78 is 44.4. The van der Waals surface area contributed by atoms with Gasteiger partial charge in [0.2, 0.25) is 10.0 Å². The molecule has 19 heavy (non-hydrogen) atoms. The number of hydrogen-bond donors (Lipinski definition) is 1. The largest absolute Gasteiger partial charge is 0.399 e. The number of nitrogen functional groups attached to an aromatic ring is 1. The van der Waals surface area contributed by atoms with Gasteiger partial charge in [-0.25, -0.2) is 12.8 Å². The fourth-order valence-electron chi connectivity index (χ4n) is 1.40. The van der Waals surface area contributed by atoms with E-state index in [2.05, 4.69) is 15.9 Å². The van der Waals surface area contributed by atoms with E-state index in [0.29, 0.717) is 6.61 Å². The number of nitrogens with two attached hydrogens (primary N) is 1. The molecule has 0 bridgehead atoms. The minimum Gasteiger partial charge on any atom is -0.399 e. The van der Waals surface area contributed by atoms with Crippen molar-refractivity contribution in [1.29, 1.82) is 0 Å². The molecule has 2 N–H and O–H groups in total. The Morgan fingerprint density at radius 2 is 2.11 bits per heavy atom. The number of benzene rings is 1.